The molecule has 3 rings (SSSR count). The van der Waals surface area contributed by atoms with Crippen LogP contribution in [0, 0.1) is 0 Å². The number of phosphoric acid groups is 1. The largest absolute Gasteiger partial charge is 0.524 e. The Bertz CT molecular complexity index is 792. The number of nitrogens with zero attached hydrogens (tertiary/aromatic N) is 1. The lowest BCUT2D eigenvalue weighted by atomic mass is 9.96. The van der Waals surface area contributed by atoms with Gasteiger partial charge in [-0.1, -0.05) is 6.07 Å². The van der Waals surface area contributed by atoms with Crippen LogP contribution in [0.15, 0.2) is 24.4 Å². The van der Waals surface area contributed by atoms with Crippen molar-refractivity contribution in [2.75, 3.05) is 13.1 Å². The lowest BCUT2D eigenvalue weighted by molar-refractivity contribution is -0.00194. The predicted molar refractivity (Wildman–Crippen MR) is 95.6 cm³/mol. The molecule has 0 aliphatic carbocycles. The Balaban J connectivity index is 1.81. The van der Waals surface area contributed by atoms with Crippen LogP contribution in [0.2, 0.25) is 0 Å². The quantitative estimate of drug-likeness (QED) is 0.584. The van der Waals surface area contributed by atoms with Crippen LogP contribution < -0.4 is 4.52 Å². The van der Waals surface area contributed by atoms with Gasteiger partial charge in [0.25, 0.3) is 0 Å². The minimum atomic E-state index is -4.62. The number of rotatable bonds is 6. The monoisotopic (exact) mass is 368 g/mol. The lowest BCUT2D eigenvalue weighted by Gasteiger charge is -2.33. The zero-order valence-corrected chi connectivity index (χ0v) is 15.4. The molecule has 7 nitrogen and oxygen atoms in total. The highest BCUT2D eigenvalue weighted by Crippen LogP contribution is 2.41. The number of fused-ring (bicyclic) bond motifs is 1. The summed E-state index contributed by atoms with van der Waals surface area (Å²) < 4.78 is 16.1. The first-order valence-electron chi connectivity index (χ1n) is 8.46. The van der Waals surface area contributed by atoms with Crippen LogP contribution >= 0.6 is 7.82 Å². The first kappa shape index (κ1) is 18.4. The summed E-state index contributed by atoms with van der Waals surface area (Å²) in [5.74, 6) is 0.183. The molecule has 2 aromatic rings. The van der Waals surface area contributed by atoms with Gasteiger partial charge in [0.1, 0.15) is 5.75 Å². The molecule has 4 N–H and O–H groups in total. The summed E-state index contributed by atoms with van der Waals surface area (Å²) in [7, 11) is -4.62. The molecule has 0 radical (unpaired) electrons. The SMILES string of the molecule is CC(C)(O)[C@@H]1CCCN1CCc1c[nH]c2cccc(OP(=O)(O)O)c12. The first-order valence-corrected chi connectivity index (χ1v) is 9.99. The Hall–Kier alpha value is -1.37. The van der Waals surface area contributed by atoms with Gasteiger partial charge in [-0.2, -0.15) is 0 Å². The van der Waals surface area contributed by atoms with Crippen LogP contribution in [-0.4, -0.2) is 49.5 Å². The fourth-order valence-corrected chi connectivity index (χ4v) is 4.19. The van der Waals surface area contributed by atoms with Crippen LogP contribution in [0.25, 0.3) is 10.9 Å². The molecule has 1 atom stereocenters. The maximum absolute atomic E-state index is 11.2. The molecule has 1 aromatic carbocycles. The van der Waals surface area contributed by atoms with Crippen molar-refractivity contribution in [1.29, 1.82) is 0 Å². The zero-order chi connectivity index (χ0) is 18.2. The van der Waals surface area contributed by atoms with E-state index < -0.39 is 13.4 Å². The van der Waals surface area contributed by atoms with Gasteiger partial charge < -0.3 is 14.6 Å². The van der Waals surface area contributed by atoms with Gasteiger partial charge in [0.15, 0.2) is 0 Å². The van der Waals surface area contributed by atoms with Gasteiger partial charge in [-0.15, -0.1) is 0 Å². The number of H-pyrrole nitrogens is 1. The average molecular weight is 368 g/mol. The Morgan fingerprint density at radius 2 is 2.16 bits per heavy atom. The number of aromatic amines is 1. The number of likely N-dealkylation sites (tertiary alicyclic amines) is 1. The fourth-order valence-electron chi connectivity index (χ4n) is 3.78. The summed E-state index contributed by atoms with van der Waals surface area (Å²) in [5, 5.41) is 11.0. The highest BCUT2D eigenvalue weighted by Gasteiger charge is 2.35. The second-order valence-corrected chi connectivity index (χ2v) is 8.34. The number of hydrogen-bond acceptors (Lipinski definition) is 4. The number of phosphoric ester groups is 1. The van der Waals surface area contributed by atoms with Crippen LogP contribution in [0.3, 0.4) is 0 Å². The minimum absolute atomic E-state index is 0.128. The van der Waals surface area contributed by atoms with E-state index in [1.165, 1.54) is 0 Å². The second-order valence-electron chi connectivity index (χ2n) is 7.17. The lowest BCUT2D eigenvalue weighted by Crippen LogP contribution is -2.46. The minimum Gasteiger partial charge on any atom is -0.404 e. The Morgan fingerprint density at radius 1 is 1.40 bits per heavy atom. The molecular weight excluding hydrogens is 343 g/mol. The van der Waals surface area contributed by atoms with Crippen LogP contribution in [0.5, 0.6) is 5.75 Å². The van der Waals surface area contributed by atoms with Gasteiger partial charge in [-0.25, -0.2) is 4.57 Å². The van der Waals surface area contributed by atoms with E-state index in [-0.39, 0.29) is 11.8 Å². The van der Waals surface area contributed by atoms with Crippen LogP contribution in [0.4, 0.5) is 0 Å². The molecule has 1 aliphatic rings. The van der Waals surface area contributed by atoms with Crippen molar-refractivity contribution in [2.24, 2.45) is 0 Å². The van der Waals surface area contributed by atoms with Gasteiger partial charge in [0, 0.05) is 29.7 Å². The van der Waals surface area contributed by atoms with Gasteiger partial charge in [0.2, 0.25) is 0 Å². The normalized spacial score (nSPS) is 19.6. The molecule has 0 unspecified atom stereocenters. The fraction of sp³-hybridized carbons (Fsp3) is 0.529. The van der Waals surface area contributed by atoms with Crippen molar-refractivity contribution >= 4 is 18.7 Å². The summed E-state index contributed by atoms with van der Waals surface area (Å²) in [6.07, 6.45) is 4.60. The van der Waals surface area contributed by atoms with E-state index in [0.717, 1.165) is 37.0 Å². The number of benzene rings is 1. The summed E-state index contributed by atoms with van der Waals surface area (Å²) in [5.41, 5.74) is 0.979. The molecule has 0 saturated carbocycles. The zero-order valence-electron chi connectivity index (χ0n) is 14.5. The van der Waals surface area contributed by atoms with E-state index >= 15 is 0 Å². The summed E-state index contributed by atoms with van der Waals surface area (Å²) in [4.78, 5) is 23.7. The molecule has 25 heavy (non-hydrogen) atoms. The third kappa shape index (κ3) is 4.25. The van der Waals surface area contributed by atoms with Crippen LogP contribution in [-0.2, 0) is 11.0 Å². The maximum atomic E-state index is 11.2. The van der Waals surface area contributed by atoms with Crippen molar-refractivity contribution in [2.45, 2.75) is 44.8 Å². The maximum Gasteiger partial charge on any atom is 0.524 e. The number of aromatic nitrogens is 1. The van der Waals surface area contributed by atoms with Crippen molar-refractivity contribution < 1.29 is 24.0 Å². The molecule has 1 saturated heterocycles. The highest BCUT2D eigenvalue weighted by atomic mass is 31.2. The molecule has 0 bridgehead atoms. The molecular formula is C17H25N2O5P. The molecule has 0 spiro atoms. The van der Waals surface area contributed by atoms with Crippen molar-refractivity contribution in [3.8, 4) is 5.75 Å². The average Bonchev–Trinajstić information content (AvgIpc) is 3.10. The van der Waals surface area contributed by atoms with E-state index in [1.54, 1.807) is 12.1 Å². The summed E-state index contributed by atoms with van der Waals surface area (Å²) in [6.45, 7) is 5.40. The van der Waals surface area contributed by atoms with Gasteiger partial charge >= 0.3 is 7.82 Å². The Labute approximate surface area is 146 Å². The molecule has 1 aromatic heterocycles. The van der Waals surface area contributed by atoms with E-state index in [4.69, 9.17) is 14.3 Å². The summed E-state index contributed by atoms with van der Waals surface area (Å²) >= 11 is 0. The van der Waals surface area contributed by atoms with E-state index in [9.17, 15) is 9.67 Å². The van der Waals surface area contributed by atoms with Gasteiger partial charge in [-0.05, 0) is 57.4 Å². The number of nitrogens with one attached hydrogen (secondary N) is 1. The molecule has 1 fully saturated rings. The molecule has 2 heterocycles. The molecule has 0 amide bonds. The topological polar surface area (TPSA) is 106 Å². The summed E-state index contributed by atoms with van der Waals surface area (Å²) in [6, 6.07) is 5.23. The smallest absolute Gasteiger partial charge is 0.404 e. The predicted octanol–water partition coefficient (Wildman–Crippen LogP) is 2.42. The van der Waals surface area contributed by atoms with Crippen molar-refractivity contribution in [3.05, 3.63) is 30.0 Å². The standard InChI is InChI=1S/C17H25N2O5P/c1-17(2,20)15-7-4-9-19(15)10-8-12-11-18-13-5-3-6-14(16(12)13)24-25(21,22)23/h3,5-6,11,15,18,20H,4,7-10H2,1-2H3,(H2,21,22,23)/t15-/m0/s1. The second kappa shape index (κ2) is 6.74. The van der Waals surface area contributed by atoms with E-state index in [1.807, 2.05) is 26.1 Å². The van der Waals surface area contributed by atoms with E-state index in [2.05, 4.69) is 9.88 Å². The first-order chi connectivity index (χ1) is 11.6. The van der Waals surface area contributed by atoms with Crippen molar-refractivity contribution in [1.82, 2.24) is 9.88 Å². The van der Waals surface area contributed by atoms with E-state index in [0.29, 0.717) is 11.8 Å². The number of aliphatic hydroxyl groups is 1. The van der Waals surface area contributed by atoms with Gasteiger partial charge in [0.05, 0.1) is 5.60 Å². The molecule has 138 valence electrons. The Morgan fingerprint density at radius 3 is 2.84 bits per heavy atom. The van der Waals surface area contributed by atoms with Gasteiger partial charge in [-0.3, -0.25) is 14.7 Å². The Kier molecular flexibility index (Phi) is 4.97. The molecule has 8 heteroatoms. The van der Waals surface area contributed by atoms with Crippen molar-refractivity contribution in [3.63, 3.8) is 0 Å². The van der Waals surface area contributed by atoms with Crippen LogP contribution in [0.1, 0.15) is 32.3 Å². The number of hydrogen-bond donors (Lipinski definition) is 4. The third-order valence-corrected chi connectivity index (χ3v) is 5.25. The highest BCUT2D eigenvalue weighted by molar-refractivity contribution is 7.46. The third-order valence-electron chi connectivity index (χ3n) is 4.81. The molecule has 1 aliphatic heterocycles.